The second kappa shape index (κ2) is 9.48. The van der Waals surface area contributed by atoms with Crippen LogP contribution >= 0.6 is 0 Å². The number of imide groups is 2. The number of allylic oxidation sites excluding steroid dienone is 3. The van der Waals surface area contributed by atoms with Gasteiger partial charge in [0.15, 0.2) is 0 Å². The Labute approximate surface area is 199 Å². The molecule has 0 bridgehead atoms. The minimum atomic E-state index is -0.928. The number of hydrogen-bond donors (Lipinski definition) is 0. The minimum Gasteiger partial charge on any atom is -0.273 e. The van der Waals surface area contributed by atoms with Crippen LogP contribution in [0.3, 0.4) is 0 Å². The molecule has 1 aliphatic heterocycles. The number of rotatable bonds is 6. The second-order valence-corrected chi connectivity index (χ2v) is 8.85. The molecule has 0 aromatic heterocycles. The zero-order chi connectivity index (χ0) is 23.5. The summed E-state index contributed by atoms with van der Waals surface area (Å²) in [5.41, 5.74) is 2.77. The third-order valence-electron chi connectivity index (χ3n) is 6.49. The summed E-state index contributed by atoms with van der Waals surface area (Å²) in [4.78, 5) is 42.9. The maximum atomic E-state index is 13.5. The van der Waals surface area contributed by atoms with Gasteiger partial charge in [0.2, 0.25) is 11.8 Å². The van der Waals surface area contributed by atoms with Gasteiger partial charge < -0.3 is 0 Å². The summed E-state index contributed by atoms with van der Waals surface area (Å²) in [7, 11) is 0. The molecule has 5 rings (SSSR count). The van der Waals surface area contributed by atoms with Gasteiger partial charge in [-0.05, 0) is 46.7 Å². The van der Waals surface area contributed by atoms with Gasteiger partial charge in [-0.25, -0.2) is 4.79 Å². The monoisotopic (exact) mass is 450 g/mol. The lowest BCUT2D eigenvalue weighted by Gasteiger charge is -2.37. The van der Waals surface area contributed by atoms with Crippen molar-refractivity contribution in [2.45, 2.75) is 25.8 Å². The average Bonchev–Trinajstić information content (AvgIpc) is 2.88. The molecular formula is C29H26N2O3. The highest BCUT2D eigenvalue weighted by molar-refractivity contribution is 6.16. The van der Waals surface area contributed by atoms with Gasteiger partial charge >= 0.3 is 6.03 Å². The van der Waals surface area contributed by atoms with Crippen molar-refractivity contribution >= 4 is 28.6 Å². The smallest absolute Gasteiger partial charge is 0.273 e. The van der Waals surface area contributed by atoms with E-state index in [1.807, 2.05) is 84.9 Å². The van der Waals surface area contributed by atoms with Crippen molar-refractivity contribution < 1.29 is 14.4 Å². The molecule has 170 valence electrons. The lowest BCUT2D eigenvalue weighted by Crippen LogP contribution is -2.60. The van der Waals surface area contributed by atoms with Gasteiger partial charge in [0.05, 0.1) is 13.1 Å². The first kappa shape index (κ1) is 21.8. The Morgan fingerprint density at radius 1 is 0.735 bits per heavy atom. The van der Waals surface area contributed by atoms with E-state index in [2.05, 4.69) is 6.08 Å². The van der Waals surface area contributed by atoms with Gasteiger partial charge in [-0.2, -0.15) is 0 Å². The van der Waals surface area contributed by atoms with Crippen molar-refractivity contribution in [1.29, 1.82) is 0 Å². The van der Waals surface area contributed by atoms with E-state index in [9.17, 15) is 14.4 Å². The highest BCUT2D eigenvalue weighted by atomic mass is 16.2. The predicted octanol–water partition coefficient (Wildman–Crippen LogP) is 5.27. The first-order chi connectivity index (χ1) is 16.6. The number of benzene rings is 3. The number of urea groups is 1. The Hall–Kier alpha value is -3.99. The first-order valence-corrected chi connectivity index (χ1v) is 11.6. The lowest BCUT2D eigenvalue weighted by molar-refractivity contribution is -0.149. The molecule has 0 spiro atoms. The summed E-state index contributed by atoms with van der Waals surface area (Å²) in [6.45, 7) is 0.365. The van der Waals surface area contributed by atoms with E-state index in [4.69, 9.17) is 0 Å². The molecule has 34 heavy (non-hydrogen) atoms. The Kier molecular flexibility index (Phi) is 6.09. The quantitative estimate of drug-likeness (QED) is 0.481. The summed E-state index contributed by atoms with van der Waals surface area (Å²) < 4.78 is 0. The van der Waals surface area contributed by atoms with E-state index in [0.717, 1.165) is 40.3 Å². The summed E-state index contributed by atoms with van der Waals surface area (Å²) in [5, 5.41) is 2.16. The van der Waals surface area contributed by atoms with Crippen LogP contribution in [-0.2, 0) is 22.6 Å². The molecule has 1 aliphatic carbocycles. The van der Waals surface area contributed by atoms with Gasteiger partial charge in [0.25, 0.3) is 0 Å². The maximum Gasteiger partial charge on any atom is 0.334 e. The van der Waals surface area contributed by atoms with Crippen molar-refractivity contribution in [3.05, 3.63) is 108 Å². The van der Waals surface area contributed by atoms with Crippen molar-refractivity contribution in [2.24, 2.45) is 5.92 Å². The Morgan fingerprint density at radius 3 is 2.18 bits per heavy atom. The van der Waals surface area contributed by atoms with E-state index >= 15 is 0 Å². The fraction of sp³-hybridized carbons (Fsp3) is 0.207. The zero-order valence-corrected chi connectivity index (χ0v) is 18.9. The predicted molar refractivity (Wildman–Crippen MR) is 132 cm³/mol. The van der Waals surface area contributed by atoms with Crippen LogP contribution in [0.15, 0.2) is 96.6 Å². The first-order valence-electron chi connectivity index (χ1n) is 11.6. The maximum absolute atomic E-state index is 13.5. The van der Waals surface area contributed by atoms with Crippen LogP contribution in [0.4, 0.5) is 4.79 Å². The normalized spacial score (nSPS) is 18.5. The number of carbonyl (C=O) groups excluding carboxylic acids is 3. The number of barbiturate groups is 1. The van der Waals surface area contributed by atoms with E-state index in [1.54, 1.807) is 0 Å². The largest absolute Gasteiger partial charge is 0.334 e. The molecule has 2 aliphatic rings. The van der Waals surface area contributed by atoms with Crippen LogP contribution in [0.1, 0.15) is 24.0 Å². The summed E-state index contributed by atoms with van der Waals surface area (Å²) in [6, 6.07) is 22.9. The number of nitrogens with zero attached hydrogens (tertiary/aromatic N) is 2. The van der Waals surface area contributed by atoms with E-state index in [1.165, 1.54) is 9.80 Å². The number of fused-ring (bicyclic) bond motifs is 1. The van der Waals surface area contributed by atoms with Crippen molar-refractivity contribution in [2.75, 3.05) is 6.54 Å². The van der Waals surface area contributed by atoms with Crippen LogP contribution in [0.25, 0.3) is 10.8 Å². The Morgan fingerprint density at radius 2 is 1.44 bits per heavy atom. The van der Waals surface area contributed by atoms with Gasteiger partial charge in [-0.1, -0.05) is 91.0 Å². The topological polar surface area (TPSA) is 57.7 Å². The average molecular weight is 451 g/mol. The van der Waals surface area contributed by atoms with Crippen molar-refractivity contribution in [3.63, 3.8) is 0 Å². The molecule has 0 N–H and O–H groups in total. The molecule has 1 unspecified atom stereocenters. The molecule has 1 atom stereocenters. The highest BCUT2D eigenvalue weighted by Gasteiger charge is 2.45. The zero-order valence-electron chi connectivity index (χ0n) is 18.9. The minimum absolute atomic E-state index is 0.148. The SMILES string of the molecule is O=C1C(Cc2ccc3ccccc3c2)C(=O)N(Cc2ccccc2)C(=O)N1CC1=CC=CCC1. The Bertz CT molecular complexity index is 1310. The third-order valence-corrected chi connectivity index (χ3v) is 6.49. The summed E-state index contributed by atoms with van der Waals surface area (Å²) >= 11 is 0. The molecule has 3 aromatic rings. The standard InChI is InChI=1S/C29H26N2O3/c32-27-26(18-23-15-16-24-13-7-8-14-25(24)17-23)28(33)31(20-22-11-5-2-6-12-22)29(34)30(27)19-21-9-3-1-4-10-21/h1-5,7-11,13-17,26H,6,12,18-20H2. The van der Waals surface area contributed by atoms with Gasteiger partial charge in [0, 0.05) is 0 Å². The van der Waals surface area contributed by atoms with Gasteiger partial charge in [-0.15, -0.1) is 0 Å². The van der Waals surface area contributed by atoms with Crippen LogP contribution in [0.2, 0.25) is 0 Å². The van der Waals surface area contributed by atoms with E-state index in [-0.39, 0.29) is 19.5 Å². The second-order valence-electron chi connectivity index (χ2n) is 8.85. The number of amides is 4. The fourth-order valence-corrected chi connectivity index (χ4v) is 4.64. The molecular weight excluding hydrogens is 424 g/mol. The van der Waals surface area contributed by atoms with Crippen LogP contribution < -0.4 is 0 Å². The van der Waals surface area contributed by atoms with Crippen molar-refractivity contribution in [3.8, 4) is 0 Å². The number of carbonyl (C=O) groups is 3. The molecule has 1 fully saturated rings. The van der Waals surface area contributed by atoms with Gasteiger partial charge in [0.1, 0.15) is 5.92 Å². The molecule has 1 saturated heterocycles. The molecule has 0 radical (unpaired) electrons. The Balaban J connectivity index is 1.46. The van der Waals surface area contributed by atoms with Gasteiger partial charge in [-0.3, -0.25) is 19.4 Å². The van der Waals surface area contributed by atoms with E-state index < -0.39 is 23.8 Å². The molecule has 3 aromatic carbocycles. The molecule has 4 amide bonds. The molecule has 5 nitrogen and oxygen atoms in total. The third kappa shape index (κ3) is 4.42. The fourth-order valence-electron chi connectivity index (χ4n) is 4.64. The highest BCUT2D eigenvalue weighted by Crippen LogP contribution is 2.27. The lowest BCUT2D eigenvalue weighted by atomic mass is 9.92. The number of hydrogen-bond acceptors (Lipinski definition) is 3. The van der Waals surface area contributed by atoms with Crippen LogP contribution in [0.5, 0.6) is 0 Å². The molecule has 1 heterocycles. The summed E-state index contributed by atoms with van der Waals surface area (Å²) in [5.74, 6) is -1.77. The molecule has 0 saturated carbocycles. The summed E-state index contributed by atoms with van der Waals surface area (Å²) in [6.07, 6.45) is 7.93. The van der Waals surface area contributed by atoms with Crippen LogP contribution in [-0.4, -0.2) is 34.2 Å². The van der Waals surface area contributed by atoms with Crippen LogP contribution in [0, 0.1) is 5.92 Å². The molecule has 5 heteroatoms. The van der Waals surface area contributed by atoms with Crippen molar-refractivity contribution in [1.82, 2.24) is 9.80 Å². The van der Waals surface area contributed by atoms with E-state index in [0.29, 0.717) is 0 Å².